The highest BCUT2D eigenvalue weighted by atomic mass is 35.5. The number of benzene rings is 1. The van der Waals surface area contributed by atoms with Crippen molar-refractivity contribution < 1.29 is 9.90 Å². The van der Waals surface area contributed by atoms with E-state index in [1.807, 2.05) is 12.1 Å². The highest BCUT2D eigenvalue weighted by molar-refractivity contribution is 7.99. The second kappa shape index (κ2) is 7.85. The standard InChI is InChI=1S/C12H14Cl2O2S/c13-10-6-5-9(8-11(10)14)17-7-3-1-2-4-12(15)16/h5-6,8H,1-4,7H2,(H,15,16). The maximum absolute atomic E-state index is 10.3. The molecule has 0 aliphatic rings. The Bertz CT molecular complexity index is 383. The Morgan fingerprint density at radius 3 is 2.59 bits per heavy atom. The number of hydrogen-bond donors (Lipinski definition) is 1. The predicted octanol–water partition coefficient (Wildman–Crippen LogP) is 4.73. The summed E-state index contributed by atoms with van der Waals surface area (Å²) in [5.74, 6) is 0.250. The van der Waals surface area contributed by atoms with Crippen molar-refractivity contribution in [2.75, 3.05) is 5.75 Å². The molecule has 0 spiro atoms. The zero-order chi connectivity index (χ0) is 12.7. The van der Waals surface area contributed by atoms with Crippen LogP contribution in [-0.4, -0.2) is 16.8 Å². The van der Waals surface area contributed by atoms with E-state index in [9.17, 15) is 4.79 Å². The minimum absolute atomic E-state index is 0.261. The average molecular weight is 293 g/mol. The third-order valence-electron chi connectivity index (χ3n) is 2.19. The van der Waals surface area contributed by atoms with Gasteiger partial charge in [-0.2, -0.15) is 0 Å². The lowest BCUT2D eigenvalue weighted by Gasteiger charge is -2.03. The van der Waals surface area contributed by atoms with Crippen molar-refractivity contribution in [1.29, 1.82) is 0 Å². The van der Waals surface area contributed by atoms with E-state index in [1.54, 1.807) is 17.8 Å². The van der Waals surface area contributed by atoms with Gasteiger partial charge in [-0.25, -0.2) is 0 Å². The van der Waals surface area contributed by atoms with Crippen molar-refractivity contribution in [2.24, 2.45) is 0 Å². The molecule has 0 saturated carbocycles. The second-order valence-corrected chi connectivity index (χ2v) is 5.61. The molecular weight excluding hydrogens is 279 g/mol. The third-order valence-corrected chi connectivity index (χ3v) is 4.01. The molecule has 0 heterocycles. The first kappa shape index (κ1) is 14.7. The Kier molecular flexibility index (Phi) is 6.78. The Balaban J connectivity index is 2.18. The fraction of sp³-hybridized carbons (Fsp3) is 0.417. The van der Waals surface area contributed by atoms with Gasteiger partial charge in [-0.1, -0.05) is 29.6 Å². The molecule has 0 atom stereocenters. The Morgan fingerprint density at radius 2 is 1.94 bits per heavy atom. The summed E-state index contributed by atoms with van der Waals surface area (Å²) in [5, 5.41) is 9.61. The van der Waals surface area contributed by atoms with Crippen molar-refractivity contribution in [3.63, 3.8) is 0 Å². The van der Waals surface area contributed by atoms with Gasteiger partial charge < -0.3 is 5.11 Å². The maximum Gasteiger partial charge on any atom is 0.303 e. The van der Waals surface area contributed by atoms with E-state index in [1.165, 1.54) is 0 Å². The minimum atomic E-state index is -0.720. The second-order valence-electron chi connectivity index (χ2n) is 3.63. The summed E-state index contributed by atoms with van der Waals surface area (Å²) in [4.78, 5) is 11.4. The van der Waals surface area contributed by atoms with Gasteiger partial charge in [0.25, 0.3) is 0 Å². The van der Waals surface area contributed by atoms with E-state index >= 15 is 0 Å². The molecule has 0 fully saturated rings. The van der Waals surface area contributed by atoms with Gasteiger partial charge in [-0.05, 0) is 36.8 Å². The van der Waals surface area contributed by atoms with Gasteiger partial charge in [-0.15, -0.1) is 11.8 Å². The van der Waals surface area contributed by atoms with E-state index in [-0.39, 0.29) is 6.42 Å². The van der Waals surface area contributed by atoms with Crippen LogP contribution < -0.4 is 0 Å². The Labute approximate surface area is 115 Å². The predicted molar refractivity (Wildman–Crippen MR) is 73.3 cm³/mol. The number of carboxylic acids is 1. The molecule has 1 aromatic rings. The zero-order valence-corrected chi connectivity index (χ0v) is 11.6. The largest absolute Gasteiger partial charge is 0.481 e. The smallest absolute Gasteiger partial charge is 0.303 e. The van der Waals surface area contributed by atoms with E-state index in [0.29, 0.717) is 10.0 Å². The first-order chi connectivity index (χ1) is 8.09. The average Bonchev–Trinajstić information content (AvgIpc) is 2.27. The van der Waals surface area contributed by atoms with Crippen LogP contribution in [0.3, 0.4) is 0 Å². The van der Waals surface area contributed by atoms with Crippen molar-refractivity contribution in [3.05, 3.63) is 28.2 Å². The molecule has 1 aromatic carbocycles. The van der Waals surface area contributed by atoms with Crippen LogP contribution in [0.15, 0.2) is 23.1 Å². The van der Waals surface area contributed by atoms with E-state index in [2.05, 4.69) is 0 Å². The van der Waals surface area contributed by atoms with Crippen LogP contribution >= 0.6 is 35.0 Å². The molecule has 0 radical (unpaired) electrons. The lowest BCUT2D eigenvalue weighted by atomic mass is 10.2. The Hall–Kier alpha value is -0.380. The van der Waals surface area contributed by atoms with Gasteiger partial charge in [0, 0.05) is 11.3 Å². The first-order valence-corrected chi connectivity index (χ1v) is 7.13. The molecular formula is C12H14Cl2O2S. The molecule has 1 N–H and O–H groups in total. The van der Waals surface area contributed by atoms with E-state index in [0.717, 1.165) is 29.9 Å². The number of thioether (sulfide) groups is 1. The topological polar surface area (TPSA) is 37.3 Å². The highest BCUT2D eigenvalue weighted by Gasteiger charge is 2.00. The summed E-state index contributed by atoms with van der Waals surface area (Å²) < 4.78 is 0. The monoisotopic (exact) mass is 292 g/mol. The van der Waals surface area contributed by atoms with Crippen LogP contribution in [0.1, 0.15) is 25.7 Å². The van der Waals surface area contributed by atoms with Gasteiger partial charge in [0.15, 0.2) is 0 Å². The van der Waals surface area contributed by atoms with Crippen LogP contribution in [0.5, 0.6) is 0 Å². The molecule has 0 aliphatic heterocycles. The molecule has 94 valence electrons. The van der Waals surface area contributed by atoms with Gasteiger partial charge in [0.05, 0.1) is 10.0 Å². The quantitative estimate of drug-likeness (QED) is 0.583. The molecule has 0 amide bonds. The molecule has 1 rings (SSSR count). The summed E-state index contributed by atoms with van der Waals surface area (Å²) in [7, 11) is 0. The van der Waals surface area contributed by atoms with Crippen molar-refractivity contribution in [1.82, 2.24) is 0 Å². The lowest BCUT2D eigenvalue weighted by molar-refractivity contribution is -0.137. The van der Waals surface area contributed by atoms with Gasteiger partial charge in [0.1, 0.15) is 0 Å². The van der Waals surface area contributed by atoms with Crippen molar-refractivity contribution in [3.8, 4) is 0 Å². The van der Waals surface area contributed by atoms with Gasteiger partial charge in [-0.3, -0.25) is 4.79 Å². The maximum atomic E-state index is 10.3. The fourth-order valence-corrected chi connectivity index (χ4v) is 2.62. The third kappa shape index (κ3) is 6.20. The lowest BCUT2D eigenvalue weighted by Crippen LogP contribution is -1.93. The van der Waals surface area contributed by atoms with E-state index in [4.69, 9.17) is 28.3 Å². The molecule has 5 heteroatoms. The van der Waals surface area contributed by atoms with Crippen LogP contribution in [0.25, 0.3) is 0 Å². The molecule has 2 nitrogen and oxygen atoms in total. The van der Waals surface area contributed by atoms with Gasteiger partial charge in [0.2, 0.25) is 0 Å². The summed E-state index contributed by atoms with van der Waals surface area (Å²) in [6, 6.07) is 5.58. The number of unbranched alkanes of at least 4 members (excludes halogenated alkanes) is 2. The SMILES string of the molecule is O=C(O)CCCCCSc1ccc(Cl)c(Cl)c1. The minimum Gasteiger partial charge on any atom is -0.481 e. The summed E-state index contributed by atoms with van der Waals surface area (Å²) >= 11 is 13.4. The van der Waals surface area contributed by atoms with Crippen LogP contribution in [0.4, 0.5) is 0 Å². The van der Waals surface area contributed by atoms with Crippen molar-refractivity contribution in [2.45, 2.75) is 30.6 Å². The number of hydrogen-bond acceptors (Lipinski definition) is 2. The number of carboxylic acid groups (broad SMARTS) is 1. The molecule has 0 unspecified atom stereocenters. The Morgan fingerprint density at radius 1 is 1.18 bits per heavy atom. The number of carbonyl (C=O) groups is 1. The molecule has 0 aromatic heterocycles. The van der Waals surface area contributed by atoms with Gasteiger partial charge >= 0.3 is 5.97 Å². The summed E-state index contributed by atoms with van der Waals surface area (Å²) in [5.41, 5.74) is 0. The zero-order valence-electron chi connectivity index (χ0n) is 9.29. The number of rotatable bonds is 7. The molecule has 0 aliphatic carbocycles. The molecule has 0 saturated heterocycles. The normalized spacial score (nSPS) is 10.5. The molecule has 0 bridgehead atoms. The summed E-state index contributed by atoms with van der Waals surface area (Å²) in [6.45, 7) is 0. The molecule has 17 heavy (non-hydrogen) atoms. The first-order valence-electron chi connectivity index (χ1n) is 5.39. The van der Waals surface area contributed by atoms with E-state index < -0.39 is 5.97 Å². The number of aliphatic carboxylic acids is 1. The van der Waals surface area contributed by atoms with Crippen LogP contribution in [-0.2, 0) is 4.79 Å². The van der Waals surface area contributed by atoms with Crippen LogP contribution in [0, 0.1) is 0 Å². The highest BCUT2D eigenvalue weighted by Crippen LogP contribution is 2.28. The summed E-state index contributed by atoms with van der Waals surface area (Å²) in [6.07, 6.45) is 2.97. The van der Waals surface area contributed by atoms with Crippen molar-refractivity contribution >= 4 is 40.9 Å². The van der Waals surface area contributed by atoms with Crippen LogP contribution in [0.2, 0.25) is 10.0 Å². The number of halogens is 2. The fourth-order valence-electron chi connectivity index (χ4n) is 1.31.